The molecule has 0 aliphatic heterocycles. The molecule has 0 spiro atoms. The summed E-state index contributed by atoms with van der Waals surface area (Å²) in [6.45, 7) is 3.94. The van der Waals surface area contributed by atoms with Crippen LogP contribution in [-0.2, 0) is 0 Å². The van der Waals surface area contributed by atoms with E-state index < -0.39 is 5.97 Å². The molecule has 0 unspecified atom stereocenters. The smallest absolute Gasteiger partial charge is 0.337 e. The zero-order chi connectivity index (χ0) is 14.0. The minimum absolute atomic E-state index is 0.281. The molecule has 2 rings (SSSR count). The Morgan fingerprint density at radius 3 is 2.53 bits per heavy atom. The quantitative estimate of drug-likeness (QED) is 0.793. The standard InChI is InChI=1S/C15H14INO2/c1-9-3-6-12(15(18)19)14(7-9)17-13-8-11(16)5-4-10(13)2/h3-8,17H,1-2H3,(H,18,19). The minimum atomic E-state index is -0.925. The molecule has 0 aliphatic rings. The number of anilines is 2. The number of hydrogen-bond donors (Lipinski definition) is 2. The van der Waals surface area contributed by atoms with Crippen molar-refractivity contribution >= 4 is 39.9 Å². The van der Waals surface area contributed by atoms with Crippen LogP contribution < -0.4 is 5.32 Å². The van der Waals surface area contributed by atoms with E-state index in [0.29, 0.717) is 5.69 Å². The van der Waals surface area contributed by atoms with Crippen molar-refractivity contribution in [2.75, 3.05) is 5.32 Å². The monoisotopic (exact) mass is 367 g/mol. The Hall–Kier alpha value is -1.56. The number of nitrogens with one attached hydrogen (secondary N) is 1. The van der Waals surface area contributed by atoms with E-state index in [-0.39, 0.29) is 5.56 Å². The normalized spacial score (nSPS) is 10.3. The number of carboxylic acid groups (broad SMARTS) is 1. The van der Waals surface area contributed by atoms with E-state index in [9.17, 15) is 9.90 Å². The van der Waals surface area contributed by atoms with Gasteiger partial charge in [0, 0.05) is 9.26 Å². The highest BCUT2D eigenvalue weighted by molar-refractivity contribution is 14.1. The molecule has 0 fully saturated rings. The summed E-state index contributed by atoms with van der Waals surface area (Å²) in [6.07, 6.45) is 0. The van der Waals surface area contributed by atoms with Gasteiger partial charge in [-0.15, -0.1) is 0 Å². The third-order valence-electron chi connectivity index (χ3n) is 2.87. The summed E-state index contributed by atoms with van der Waals surface area (Å²) in [5.41, 5.74) is 3.94. The first-order chi connectivity index (χ1) is 8.97. The Kier molecular flexibility index (Phi) is 4.09. The average Bonchev–Trinajstić information content (AvgIpc) is 2.33. The molecule has 4 heteroatoms. The predicted molar refractivity (Wildman–Crippen MR) is 85.3 cm³/mol. The molecule has 0 atom stereocenters. The Morgan fingerprint density at radius 2 is 1.84 bits per heavy atom. The molecular weight excluding hydrogens is 353 g/mol. The summed E-state index contributed by atoms with van der Waals surface area (Å²) < 4.78 is 1.11. The number of carbonyl (C=O) groups is 1. The number of carboxylic acids is 1. The molecule has 0 aliphatic carbocycles. The molecule has 2 aromatic carbocycles. The van der Waals surface area contributed by atoms with Crippen LogP contribution in [0.2, 0.25) is 0 Å². The SMILES string of the molecule is Cc1ccc(C(=O)O)c(Nc2cc(I)ccc2C)c1. The van der Waals surface area contributed by atoms with Crippen molar-refractivity contribution in [1.29, 1.82) is 0 Å². The first-order valence-electron chi connectivity index (χ1n) is 5.84. The van der Waals surface area contributed by atoms with Crippen LogP contribution in [0.1, 0.15) is 21.5 Å². The van der Waals surface area contributed by atoms with Gasteiger partial charge in [-0.2, -0.15) is 0 Å². The van der Waals surface area contributed by atoms with Gasteiger partial charge in [0.1, 0.15) is 0 Å². The van der Waals surface area contributed by atoms with E-state index in [2.05, 4.69) is 27.9 Å². The number of hydrogen-bond acceptors (Lipinski definition) is 2. The second kappa shape index (κ2) is 5.61. The molecule has 0 radical (unpaired) electrons. The second-order valence-electron chi connectivity index (χ2n) is 4.44. The van der Waals surface area contributed by atoms with Gasteiger partial charge in [0.2, 0.25) is 0 Å². The third-order valence-corrected chi connectivity index (χ3v) is 3.55. The minimum Gasteiger partial charge on any atom is -0.478 e. The van der Waals surface area contributed by atoms with Gasteiger partial charge in [-0.1, -0.05) is 12.1 Å². The first-order valence-corrected chi connectivity index (χ1v) is 6.92. The highest BCUT2D eigenvalue weighted by atomic mass is 127. The summed E-state index contributed by atoms with van der Waals surface area (Å²) in [4.78, 5) is 11.2. The topological polar surface area (TPSA) is 49.3 Å². The molecule has 0 amide bonds. The molecule has 0 saturated carbocycles. The van der Waals surface area contributed by atoms with Crippen LogP contribution in [0.3, 0.4) is 0 Å². The number of rotatable bonds is 3. The first kappa shape index (κ1) is 13.9. The van der Waals surface area contributed by atoms with E-state index in [4.69, 9.17) is 0 Å². The number of benzene rings is 2. The molecule has 0 aromatic heterocycles. The molecule has 3 nitrogen and oxygen atoms in total. The van der Waals surface area contributed by atoms with Gasteiger partial charge in [-0.05, 0) is 71.8 Å². The fourth-order valence-electron chi connectivity index (χ4n) is 1.82. The molecule has 98 valence electrons. The van der Waals surface area contributed by atoms with E-state index in [0.717, 1.165) is 20.4 Å². The van der Waals surface area contributed by atoms with Gasteiger partial charge >= 0.3 is 5.97 Å². The predicted octanol–water partition coefficient (Wildman–Crippen LogP) is 4.35. The lowest BCUT2D eigenvalue weighted by Gasteiger charge is -2.13. The summed E-state index contributed by atoms with van der Waals surface area (Å²) in [7, 11) is 0. The lowest BCUT2D eigenvalue weighted by Crippen LogP contribution is -2.04. The van der Waals surface area contributed by atoms with Crippen molar-refractivity contribution in [3.63, 3.8) is 0 Å². The van der Waals surface area contributed by atoms with Gasteiger partial charge in [0.15, 0.2) is 0 Å². The van der Waals surface area contributed by atoms with Crippen LogP contribution in [0, 0.1) is 17.4 Å². The molecule has 19 heavy (non-hydrogen) atoms. The molecule has 2 aromatic rings. The Labute approximate surface area is 125 Å². The third kappa shape index (κ3) is 3.26. The van der Waals surface area contributed by atoms with Crippen molar-refractivity contribution in [2.24, 2.45) is 0 Å². The summed E-state index contributed by atoms with van der Waals surface area (Å²) in [5, 5.41) is 12.4. The Morgan fingerprint density at radius 1 is 1.11 bits per heavy atom. The van der Waals surface area contributed by atoms with E-state index in [1.165, 1.54) is 0 Å². The Balaban J connectivity index is 2.45. The van der Waals surface area contributed by atoms with Crippen molar-refractivity contribution < 1.29 is 9.90 Å². The lowest BCUT2D eigenvalue weighted by molar-refractivity contribution is 0.0698. The average molecular weight is 367 g/mol. The summed E-state index contributed by atoms with van der Waals surface area (Å²) in [5.74, 6) is -0.925. The summed E-state index contributed by atoms with van der Waals surface area (Å²) in [6, 6.07) is 11.3. The zero-order valence-corrected chi connectivity index (χ0v) is 12.9. The number of aryl methyl sites for hydroxylation is 2. The maximum atomic E-state index is 11.2. The zero-order valence-electron chi connectivity index (χ0n) is 10.7. The second-order valence-corrected chi connectivity index (χ2v) is 5.68. The van der Waals surface area contributed by atoms with Crippen molar-refractivity contribution in [2.45, 2.75) is 13.8 Å². The maximum Gasteiger partial charge on any atom is 0.337 e. The molecule has 0 saturated heterocycles. The van der Waals surface area contributed by atoms with Gasteiger partial charge < -0.3 is 10.4 Å². The van der Waals surface area contributed by atoms with Crippen LogP contribution in [-0.4, -0.2) is 11.1 Å². The van der Waals surface area contributed by atoms with Gasteiger partial charge in [0.05, 0.1) is 11.3 Å². The molecule has 0 heterocycles. The van der Waals surface area contributed by atoms with Gasteiger partial charge in [-0.3, -0.25) is 0 Å². The van der Waals surface area contributed by atoms with Crippen molar-refractivity contribution in [3.8, 4) is 0 Å². The number of halogens is 1. The van der Waals surface area contributed by atoms with Crippen LogP contribution in [0.5, 0.6) is 0 Å². The van der Waals surface area contributed by atoms with Crippen molar-refractivity contribution in [1.82, 2.24) is 0 Å². The molecule has 2 N–H and O–H groups in total. The maximum absolute atomic E-state index is 11.2. The van der Waals surface area contributed by atoms with Gasteiger partial charge in [0.25, 0.3) is 0 Å². The number of aromatic carboxylic acids is 1. The van der Waals surface area contributed by atoms with E-state index in [1.54, 1.807) is 12.1 Å². The largest absolute Gasteiger partial charge is 0.478 e. The fourth-order valence-corrected chi connectivity index (χ4v) is 2.31. The lowest BCUT2D eigenvalue weighted by atomic mass is 10.1. The fraction of sp³-hybridized carbons (Fsp3) is 0.133. The van der Waals surface area contributed by atoms with Crippen molar-refractivity contribution in [3.05, 3.63) is 56.7 Å². The van der Waals surface area contributed by atoms with Gasteiger partial charge in [-0.25, -0.2) is 4.79 Å². The molecular formula is C15H14INO2. The van der Waals surface area contributed by atoms with E-state index in [1.807, 2.05) is 38.1 Å². The highest BCUT2D eigenvalue weighted by Crippen LogP contribution is 2.26. The van der Waals surface area contributed by atoms with Crippen LogP contribution in [0.25, 0.3) is 0 Å². The Bertz CT molecular complexity index is 638. The molecule has 0 bridgehead atoms. The van der Waals surface area contributed by atoms with E-state index >= 15 is 0 Å². The highest BCUT2D eigenvalue weighted by Gasteiger charge is 2.11. The van der Waals surface area contributed by atoms with Crippen LogP contribution in [0.15, 0.2) is 36.4 Å². The van der Waals surface area contributed by atoms with Crippen LogP contribution >= 0.6 is 22.6 Å². The summed E-state index contributed by atoms with van der Waals surface area (Å²) >= 11 is 2.24. The van der Waals surface area contributed by atoms with Crippen LogP contribution in [0.4, 0.5) is 11.4 Å².